The Kier molecular flexibility index (Phi) is 8.07. The van der Waals surface area contributed by atoms with Crippen molar-refractivity contribution >= 4 is 23.0 Å². The van der Waals surface area contributed by atoms with E-state index in [1.54, 1.807) is 24.5 Å². The van der Waals surface area contributed by atoms with Gasteiger partial charge in [-0.15, -0.1) is 0 Å². The van der Waals surface area contributed by atoms with E-state index >= 15 is 0 Å². The third kappa shape index (κ3) is 6.42. The Bertz CT molecular complexity index is 1280. The molecular formula is C29H35N7O2. The SMILES string of the molecule is N=C(C(=O)Nc1ccc(CN2CCCC2)nc1)c1cc(-c2cncc(CN3CCC(O)CC3)c2)ccc1N. The molecule has 2 saturated heterocycles. The van der Waals surface area contributed by atoms with Crippen LogP contribution >= 0.6 is 0 Å². The van der Waals surface area contributed by atoms with E-state index in [-0.39, 0.29) is 11.8 Å². The first-order valence-electron chi connectivity index (χ1n) is 13.3. The molecule has 9 nitrogen and oxygen atoms in total. The van der Waals surface area contributed by atoms with Gasteiger partial charge in [0.25, 0.3) is 5.91 Å². The molecule has 0 atom stereocenters. The summed E-state index contributed by atoms with van der Waals surface area (Å²) in [6, 6.07) is 11.2. The second-order valence-electron chi connectivity index (χ2n) is 10.2. The van der Waals surface area contributed by atoms with Crippen molar-refractivity contribution in [3.8, 4) is 11.1 Å². The number of aliphatic hydroxyl groups is 1. The quantitative estimate of drug-likeness (QED) is 0.268. The van der Waals surface area contributed by atoms with Crippen molar-refractivity contribution in [2.45, 2.75) is 44.9 Å². The highest BCUT2D eigenvalue weighted by atomic mass is 16.3. The summed E-state index contributed by atoms with van der Waals surface area (Å²) < 4.78 is 0. The summed E-state index contributed by atoms with van der Waals surface area (Å²) >= 11 is 0. The van der Waals surface area contributed by atoms with Crippen LogP contribution in [0.5, 0.6) is 0 Å². The van der Waals surface area contributed by atoms with Crippen LogP contribution < -0.4 is 11.1 Å². The van der Waals surface area contributed by atoms with Gasteiger partial charge in [0.2, 0.25) is 0 Å². The number of pyridine rings is 2. The van der Waals surface area contributed by atoms with Gasteiger partial charge < -0.3 is 16.2 Å². The lowest BCUT2D eigenvalue weighted by molar-refractivity contribution is -0.110. The molecule has 2 aliphatic heterocycles. The third-order valence-electron chi connectivity index (χ3n) is 7.31. The first-order chi connectivity index (χ1) is 18.4. The van der Waals surface area contributed by atoms with E-state index in [0.717, 1.165) is 74.5 Å². The number of benzene rings is 1. The minimum absolute atomic E-state index is 0.202. The largest absolute Gasteiger partial charge is 0.398 e. The molecule has 0 saturated carbocycles. The molecule has 2 aromatic heterocycles. The fourth-order valence-corrected chi connectivity index (χ4v) is 5.10. The molecule has 4 heterocycles. The van der Waals surface area contributed by atoms with Gasteiger partial charge in [-0.2, -0.15) is 0 Å². The Morgan fingerprint density at radius 3 is 2.47 bits per heavy atom. The molecule has 9 heteroatoms. The number of nitrogens with zero attached hydrogens (tertiary/aromatic N) is 4. The van der Waals surface area contributed by atoms with Crippen LogP contribution in [0.3, 0.4) is 0 Å². The molecule has 0 aliphatic carbocycles. The monoisotopic (exact) mass is 513 g/mol. The van der Waals surface area contributed by atoms with Crippen molar-refractivity contribution in [3.63, 3.8) is 0 Å². The van der Waals surface area contributed by atoms with Crippen LogP contribution in [-0.2, 0) is 17.9 Å². The normalized spacial score (nSPS) is 17.0. The van der Waals surface area contributed by atoms with E-state index in [4.69, 9.17) is 11.1 Å². The number of hydrogen-bond acceptors (Lipinski definition) is 8. The summed E-state index contributed by atoms with van der Waals surface area (Å²) in [5.41, 5.74) is 11.0. The highest BCUT2D eigenvalue weighted by Gasteiger charge is 2.19. The number of nitrogens with two attached hydrogens (primary N) is 1. The van der Waals surface area contributed by atoms with Crippen LogP contribution in [0.1, 0.15) is 42.5 Å². The van der Waals surface area contributed by atoms with Gasteiger partial charge in [-0.05, 0) is 80.2 Å². The first kappa shape index (κ1) is 26.0. The van der Waals surface area contributed by atoms with E-state index < -0.39 is 5.91 Å². The zero-order valence-corrected chi connectivity index (χ0v) is 21.6. The Morgan fingerprint density at radius 2 is 1.74 bits per heavy atom. The molecule has 3 aromatic rings. The minimum Gasteiger partial charge on any atom is -0.398 e. The summed E-state index contributed by atoms with van der Waals surface area (Å²) in [5.74, 6) is -0.540. The molecule has 1 amide bonds. The lowest BCUT2D eigenvalue weighted by Crippen LogP contribution is -2.35. The van der Waals surface area contributed by atoms with Crippen molar-refractivity contribution < 1.29 is 9.90 Å². The van der Waals surface area contributed by atoms with Crippen LogP contribution in [0, 0.1) is 5.41 Å². The number of nitrogens with one attached hydrogen (secondary N) is 2. The fourth-order valence-electron chi connectivity index (χ4n) is 5.10. The molecule has 0 bridgehead atoms. The standard InChI is InChI=1S/C29H35N7O2/c30-27-6-3-21(22-13-20(15-32-16-22)18-36-11-7-25(37)8-12-36)14-26(27)28(31)29(38)34-23-4-5-24(33-17-23)19-35-9-1-2-10-35/h3-6,13-17,25,31,37H,1-2,7-12,18-19,30H2,(H,34,38). The molecule has 0 spiro atoms. The maximum Gasteiger partial charge on any atom is 0.274 e. The number of nitrogen functional groups attached to an aromatic ring is 1. The number of likely N-dealkylation sites (tertiary alicyclic amines) is 2. The number of carbonyl (C=O) groups excluding carboxylic acids is 1. The van der Waals surface area contributed by atoms with Gasteiger partial charge in [0.15, 0.2) is 0 Å². The number of piperidine rings is 1. The Labute approximate surface area is 223 Å². The molecule has 5 rings (SSSR count). The molecule has 1 aromatic carbocycles. The summed E-state index contributed by atoms with van der Waals surface area (Å²) in [4.78, 5) is 26.5. The molecule has 2 aliphatic rings. The van der Waals surface area contributed by atoms with E-state index in [1.165, 1.54) is 12.8 Å². The minimum atomic E-state index is -0.540. The third-order valence-corrected chi connectivity index (χ3v) is 7.31. The van der Waals surface area contributed by atoms with Gasteiger partial charge >= 0.3 is 0 Å². The number of amides is 1. The van der Waals surface area contributed by atoms with Crippen molar-refractivity contribution in [2.75, 3.05) is 37.2 Å². The maximum atomic E-state index is 12.9. The van der Waals surface area contributed by atoms with E-state index in [2.05, 4.69) is 31.2 Å². The van der Waals surface area contributed by atoms with Gasteiger partial charge in [-0.1, -0.05) is 6.07 Å². The number of hydrogen-bond donors (Lipinski definition) is 4. The van der Waals surface area contributed by atoms with Crippen molar-refractivity contribution in [2.24, 2.45) is 0 Å². The van der Waals surface area contributed by atoms with Crippen molar-refractivity contribution in [1.29, 1.82) is 5.41 Å². The summed E-state index contributed by atoms with van der Waals surface area (Å²) in [6.07, 6.45) is 9.10. The van der Waals surface area contributed by atoms with Crippen molar-refractivity contribution in [1.82, 2.24) is 19.8 Å². The number of rotatable bonds is 8. The topological polar surface area (TPSA) is 131 Å². The maximum absolute atomic E-state index is 12.9. The van der Waals surface area contributed by atoms with Gasteiger partial charge in [-0.25, -0.2) is 0 Å². The number of carbonyl (C=O) groups is 1. The van der Waals surface area contributed by atoms with Crippen LogP contribution in [0.15, 0.2) is 55.0 Å². The lowest BCUT2D eigenvalue weighted by atomic mass is 9.99. The van der Waals surface area contributed by atoms with Gasteiger partial charge in [0, 0.05) is 55.4 Å². The number of anilines is 2. The molecule has 2 fully saturated rings. The second-order valence-corrected chi connectivity index (χ2v) is 10.2. The average molecular weight is 514 g/mol. The molecule has 198 valence electrons. The molecule has 0 unspecified atom stereocenters. The predicted molar refractivity (Wildman–Crippen MR) is 149 cm³/mol. The predicted octanol–water partition coefficient (Wildman–Crippen LogP) is 3.28. The van der Waals surface area contributed by atoms with Crippen LogP contribution in [0.25, 0.3) is 11.1 Å². The highest BCUT2D eigenvalue weighted by molar-refractivity contribution is 6.48. The Morgan fingerprint density at radius 1 is 0.974 bits per heavy atom. The molecule has 5 N–H and O–H groups in total. The van der Waals surface area contributed by atoms with E-state index in [0.29, 0.717) is 16.9 Å². The van der Waals surface area contributed by atoms with E-state index in [1.807, 2.05) is 24.4 Å². The fraction of sp³-hybridized carbons (Fsp3) is 0.379. The Balaban J connectivity index is 1.25. The van der Waals surface area contributed by atoms with Crippen LogP contribution in [-0.4, -0.2) is 68.8 Å². The number of aliphatic hydroxyl groups excluding tert-OH is 1. The summed E-state index contributed by atoms with van der Waals surface area (Å²) in [6.45, 7) is 5.49. The summed E-state index contributed by atoms with van der Waals surface area (Å²) in [7, 11) is 0. The zero-order chi connectivity index (χ0) is 26.5. The summed E-state index contributed by atoms with van der Waals surface area (Å²) in [5, 5.41) is 21.1. The van der Waals surface area contributed by atoms with Gasteiger partial charge in [-0.3, -0.25) is 30.0 Å². The number of aromatic nitrogens is 2. The van der Waals surface area contributed by atoms with Crippen LogP contribution in [0.4, 0.5) is 11.4 Å². The average Bonchev–Trinajstić information content (AvgIpc) is 3.44. The van der Waals surface area contributed by atoms with Gasteiger partial charge in [0.05, 0.1) is 23.7 Å². The second kappa shape index (κ2) is 11.8. The lowest BCUT2D eigenvalue weighted by Gasteiger charge is -2.29. The van der Waals surface area contributed by atoms with Crippen LogP contribution in [0.2, 0.25) is 0 Å². The smallest absolute Gasteiger partial charge is 0.274 e. The molecule has 38 heavy (non-hydrogen) atoms. The van der Waals surface area contributed by atoms with Crippen molar-refractivity contribution in [3.05, 3.63) is 71.8 Å². The first-order valence-corrected chi connectivity index (χ1v) is 13.3. The van der Waals surface area contributed by atoms with E-state index in [9.17, 15) is 9.90 Å². The zero-order valence-electron chi connectivity index (χ0n) is 21.6. The highest BCUT2D eigenvalue weighted by Crippen LogP contribution is 2.26. The van der Waals surface area contributed by atoms with Gasteiger partial charge in [0.1, 0.15) is 5.71 Å². The molecular weight excluding hydrogens is 478 g/mol. The molecule has 0 radical (unpaired) electrons. The Hall–Kier alpha value is -3.66.